The molecule has 0 bridgehead atoms. The van der Waals surface area contributed by atoms with Crippen LogP contribution in [0, 0.1) is 6.92 Å². The third kappa shape index (κ3) is 4.45. The van der Waals surface area contributed by atoms with E-state index in [9.17, 15) is 4.79 Å². The minimum atomic E-state index is -0.162. The molecule has 1 rings (SSSR count). The zero-order valence-electron chi connectivity index (χ0n) is 9.86. The van der Waals surface area contributed by atoms with Gasteiger partial charge in [-0.3, -0.25) is 4.79 Å². The third-order valence-electron chi connectivity index (χ3n) is 2.40. The highest BCUT2D eigenvalue weighted by molar-refractivity contribution is 5.76. The SMILES string of the molecule is Cc1cccc(CCC(=O)N[C@@H](C)CO)c1. The minimum Gasteiger partial charge on any atom is -0.394 e. The van der Waals surface area contributed by atoms with E-state index < -0.39 is 0 Å². The highest BCUT2D eigenvalue weighted by Gasteiger charge is 2.06. The summed E-state index contributed by atoms with van der Waals surface area (Å²) >= 11 is 0. The molecule has 1 atom stereocenters. The van der Waals surface area contributed by atoms with Crippen molar-refractivity contribution in [2.45, 2.75) is 32.7 Å². The van der Waals surface area contributed by atoms with Crippen molar-refractivity contribution in [3.05, 3.63) is 35.4 Å². The number of nitrogens with one attached hydrogen (secondary N) is 1. The van der Waals surface area contributed by atoms with E-state index in [0.717, 1.165) is 6.42 Å². The number of hydrogen-bond acceptors (Lipinski definition) is 2. The monoisotopic (exact) mass is 221 g/mol. The smallest absolute Gasteiger partial charge is 0.220 e. The fraction of sp³-hybridized carbons (Fsp3) is 0.462. The largest absolute Gasteiger partial charge is 0.394 e. The average Bonchev–Trinajstić information content (AvgIpc) is 2.26. The van der Waals surface area contributed by atoms with Gasteiger partial charge in [-0.15, -0.1) is 0 Å². The lowest BCUT2D eigenvalue weighted by Crippen LogP contribution is -2.35. The number of carbonyl (C=O) groups is 1. The summed E-state index contributed by atoms with van der Waals surface area (Å²) in [5, 5.41) is 11.5. The van der Waals surface area contributed by atoms with Gasteiger partial charge in [0.25, 0.3) is 0 Å². The Bertz CT molecular complexity index is 350. The van der Waals surface area contributed by atoms with Crippen molar-refractivity contribution in [1.29, 1.82) is 0 Å². The van der Waals surface area contributed by atoms with Crippen molar-refractivity contribution >= 4 is 5.91 Å². The van der Waals surface area contributed by atoms with Crippen LogP contribution in [0.4, 0.5) is 0 Å². The van der Waals surface area contributed by atoms with Crippen LogP contribution < -0.4 is 5.32 Å². The highest BCUT2D eigenvalue weighted by atomic mass is 16.3. The summed E-state index contributed by atoms with van der Waals surface area (Å²) in [4.78, 5) is 11.4. The zero-order chi connectivity index (χ0) is 12.0. The molecule has 0 fully saturated rings. The standard InChI is InChI=1S/C13H19NO2/c1-10-4-3-5-12(8-10)6-7-13(16)14-11(2)9-15/h3-5,8,11,15H,6-7,9H2,1-2H3,(H,14,16)/t11-/m0/s1. The molecule has 3 heteroatoms. The molecule has 0 saturated carbocycles. The molecule has 1 amide bonds. The summed E-state index contributed by atoms with van der Waals surface area (Å²) in [5.41, 5.74) is 2.38. The summed E-state index contributed by atoms with van der Waals surface area (Å²) in [6.07, 6.45) is 1.21. The second-order valence-electron chi connectivity index (χ2n) is 4.14. The van der Waals surface area contributed by atoms with E-state index in [1.54, 1.807) is 6.92 Å². The van der Waals surface area contributed by atoms with Gasteiger partial charge in [-0.05, 0) is 25.8 Å². The lowest BCUT2D eigenvalue weighted by Gasteiger charge is -2.10. The number of aliphatic hydroxyl groups excluding tert-OH is 1. The third-order valence-corrected chi connectivity index (χ3v) is 2.40. The summed E-state index contributed by atoms with van der Waals surface area (Å²) in [7, 11) is 0. The van der Waals surface area contributed by atoms with Gasteiger partial charge in [0.2, 0.25) is 5.91 Å². The van der Waals surface area contributed by atoms with Gasteiger partial charge < -0.3 is 10.4 Å². The van der Waals surface area contributed by atoms with E-state index in [1.165, 1.54) is 11.1 Å². The summed E-state index contributed by atoms with van der Waals surface area (Å²) in [5.74, 6) is -0.0111. The minimum absolute atomic E-state index is 0.0111. The first-order valence-corrected chi connectivity index (χ1v) is 5.57. The van der Waals surface area contributed by atoms with Crippen LogP contribution in [0.3, 0.4) is 0 Å². The molecule has 0 unspecified atom stereocenters. The first-order valence-electron chi connectivity index (χ1n) is 5.57. The molecule has 0 aliphatic heterocycles. The molecule has 3 nitrogen and oxygen atoms in total. The molecule has 0 aromatic heterocycles. The quantitative estimate of drug-likeness (QED) is 0.790. The topological polar surface area (TPSA) is 49.3 Å². The zero-order valence-corrected chi connectivity index (χ0v) is 9.86. The van der Waals surface area contributed by atoms with E-state index >= 15 is 0 Å². The van der Waals surface area contributed by atoms with Crippen molar-refractivity contribution in [2.24, 2.45) is 0 Å². The molecule has 88 valence electrons. The van der Waals surface area contributed by atoms with E-state index in [0.29, 0.717) is 6.42 Å². The number of amides is 1. The number of benzene rings is 1. The fourth-order valence-electron chi connectivity index (χ4n) is 1.52. The molecular formula is C13H19NO2. The molecule has 16 heavy (non-hydrogen) atoms. The van der Waals surface area contributed by atoms with Crippen LogP contribution >= 0.6 is 0 Å². The first kappa shape index (κ1) is 12.7. The fourth-order valence-corrected chi connectivity index (χ4v) is 1.52. The van der Waals surface area contributed by atoms with Crippen LogP contribution in [0.5, 0.6) is 0 Å². The summed E-state index contributed by atoms with van der Waals surface area (Å²) < 4.78 is 0. The van der Waals surface area contributed by atoms with Crippen LogP contribution in [-0.2, 0) is 11.2 Å². The number of aryl methyl sites for hydroxylation is 2. The van der Waals surface area contributed by atoms with Crippen molar-refractivity contribution in [3.8, 4) is 0 Å². The van der Waals surface area contributed by atoms with E-state index in [1.807, 2.05) is 25.1 Å². The number of aliphatic hydroxyl groups is 1. The van der Waals surface area contributed by atoms with Crippen molar-refractivity contribution in [2.75, 3.05) is 6.61 Å². The van der Waals surface area contributed by atoms with Gasteiger partial charge in [0.15, 0.2) is 0 Å². The lowest BCUT2D eigenvalue weighted by molar-refractivity contribution is -0.121. The molecule has 1 aromatic carbocycles. The van der Waals surface area contributed by atoms with Crippen LogP contribution in [0.25, 0.3) is 0 Å². The van der Waals surface area contributed by atoms with Crippen molar-refractivity contribution in [1.82, 2.24) is 5.32 Å². The van der Waals surface area contributed by atoms with Gasteiger partial charge in [0.05, 0.1) is 6.61 Å². The Labute approximate surface area is 96.5 Å². The second-order valence-corrected chi connectivity index (χ2v) is 4.14. The maximum atomic E-state index is 11.4. The van der Waals surface area contributed by atoms with Gasteiger partial charge in [0.1, 0.15) is 0 Å². The molecule has 0 heterocycles. The van der Waals surface area contributed by atoms with Gasteiger partial charge in [-0.1, -0.05) is 29.8 Å². The van der Waals surface area contributed by atoms with Crippen LogP contribution in [0.15, 0.2) is 24.3 Å². The Morgan fingerprint density at radius 1 is 1.50 bits per heavy atom. The molecule has 1 aromatic rings. The predicted molar refractivity (Wildman–Crippen MR) is 64.2 cm³/mol. The number of rotatable bonds is 5. The summed E-state index contributed by atoms with van der Waals surface area (Å²) in [6.45, 7) is 3.80. The van der Waals surface area contributed by atoms with Crippen molar-refractivity contribution in [3.63, 3.8) is 0 Å². The van der Waals surface area contributed by atoms with E-state index in [-0.39, 0.29) is 18.6 Å². The van der Waals surface area contributed by atoms with E-state index in [4.69, 9.17) is 5.11 Å². The van der Waals surface area contributed by atoms with Crippen LogP contribution in [0.2, 0.25) is 0 Å². The normalized spacial score (nSPS) is 12.2. The Hall–Kier alpha value is -1.35. The lowest BCUT2D eigenvalue weighted by atomic mass is 10.1. The number of carbonyl (C=O) groups excluding carboxylic acids is 1. The predicted octanol–water partition coefficient (Wildman–Crippen LogP) is 1.42. The van der Waals surface area contributed by atoms with Crippen LogP contribution in [-0.4, -0.2) is 23.7 Å². The highest BCUT2D eigenvalue weighted by Crippen LogP contribution is 2.06. The summed E-state index contributed by atoms with van der Waals surface area (Å²) in [6, 6.07) is 7.99. The van der Waals surface area contributed by atoms with E-state index in [2.05, 4.69) is 11.4 Å². The van der Waals surface area contributed by atoms with Crippen LogP contribution in [0.1, 0.15) is 24.5 Å². The second kappa shape index (κ2) is 6.28. The first-order chi connectivity index (χ1) is 7.61. The molecule has 0 aliphatic carbocycles. The Balaban J connectivity index is 2.37. The Morgan fingerprint density at radius 2 is 2.25 bits per heavy atom. The van der Waals surface area contributed by atoms with Gasteiger partial charge >= 0.3 is 0 Å². The van der Waals surface area contributed by atoms with Gasteiger partial charge in [-0.25, -0.2) is 0 Å². The maximum Gasteiger partial charge on any atom is 0.220 e. The Morgan fingerprint density at radius 3 is 2.88 bits per heavy atom. The molecule has 0 spiro atoms. The molecule has 2 N–H and O–H groups in total. The average molecular weight is 221 g/mol. The molecule has 0 aliphatic rings. The Kier molecular flexibility index (Phi) is 4.99. The molecular weight excluding hydrogens is 202 g/mol. The molecule has 0 saturated heterocycles. The van der Waals surface area contributed by atoms with Crippen molar-refractivity contribution < 1.29 is 9.90 Å². The van der Waals surface area contributed by atoms with Gasteiger partial charge in [-0.2, -0.15) is 0 Å². The maximum absolute atomic E-state index is 11.4. The molecule has 0 radical (unpaired) electrons. The number of hydrogen-bond donors (Lipinski definition) is 2. The van der Waals surface area contributed by atoms with Gasteiger partial charge in [0, 0.05) is 12.5 Å².